The minimum atomic E-state index is -3.97. The Kier molecular flexibility index (Phi) is 6.36. The molecule has 1 aliphatic heterocycles. The summed E-state index contributed by atoms with van der Waals surface area (Å²) in [6, 6.07) is 16.4. The number of carbonyl (C=O) groups is 1. The molecule has 0 radical (unpaired) electrons. The zero-order valence-electron chi connectivity index (χ0n) is 18.0. The molecule has 9 nitrogen and oxygen atoms in total. The highest BCUT2D eigenvalue weighted by Crippen LogP contribution is 2.27. The normalized spacial score (nSPS) is 14.1. The van der Waals surface area contributed by atoms with Crippen molar-refractivity contribution in [3.63, 3.8) is 0 Å². The van der Waals surface area contributed by atoms with Crippen molar-refractivity contribution in [1.82, 2.24) is 4.98 Å². The van der Waals surface area contributed by atoms with Crippen LogP contribution in [0.5, 0.6) is 5.75 Å². The number of carboxylic acid groups (broad SMARTS) is 1. The third-order valence-electron chi connectivity index (χ3n) is 5.47. The average Bonchev–Trinajstić information content (AvgIpc) is 2.84. The molecule has 1 aromatic heterocycles. The van der Waals surface area contributed by atoms with Crippen LogP contribution in [0.4, 0.5) is 17.2 Å². The molecule has 1 fully saturated rings. The van der Waals surface area contributed by atoms with Crippen LogP contribution in [-0.2, 0) is 10.0 Å². The largest absolute Gasteiger partial charge is 0.497 e. The van der Waals surface area contributed by atoms with E-state index in [-0.39, 0.29) is 16.1 Å². The number of aromatic carboxylic acids is 1. The van der Waals surface area contributed by atoms with Crippen molar-refractivity contribution in [2.45, 2.75) is 4.90 Å². The Balaban J connectivity index is 1.51. The number of methoxy groups -OCH3 is 1. The molecule has 0 atom stereocenters. The van der Waals surface area contributed by atoms with Crippen molar-refractivity contribution in [2.24, 2.45) is 0 Å². The van der Waals surface area contributed by atoms with Gasteiger partial charge in [0.1, 0.15) is 11.6 Å². The number of pyridine rings is 1. The molecular weight excluding hydrogens is 444 g/mol. The van der Waals surface area contributed by atoms with Gasteiger partial charge in [-0.1, -0.05) is 6.07 Å². The minimum Gasteiger partial charge on any atom is -0.497 e. The SMILES string of the molecule is COc1ccc(S(=O)(=O)Nc2ccc(N3CCN(c4ccccn4)CC3)cc2C(=O)O)cc1. The van der Waals surface area contributed by atoms with E-state index < -0.39 is 16.0 Å². The van der Waals surface area contributed by atoms with E-state index in [1.165, 1.54) is 43.5 Å². The molecule has 0 amide bonds. The Morgan fingerprint density at radius 2 is 1.70 bits per heavy atom. The lowest BCUT2D eigenvalue weighted by Crippen LogP contribution is -2.46. The smallest absolute Gasteiger partial charge is 0.337 e. The quantitative estimate of drug-likeness (QED) is 0.544. The van der Waals surface area contributed by atoms with E-state index in [0.29, 0.717) is 18.8 Å². The summed E-state index contributed by atoms with van der Waals surface area (Å²) in [7, 11) is -2.48. The molecule has 3 aromatic rings. The number of carboxylic acids is 1. The van der Waals surface area contributed by atoms with Crippen LogP contribution in [0.3, 0.4) is 0 Å². The standard InChI is InChI=1S/C23H24N4O5S/c1-32-18-6-8-19(9-7-18)33(30,31)25-21-10-5-17(16-20(21)23(28)29)26-12-14-27(15-13-26)22-4-2-3-11-24-22/h2-11,16,25H,12-15H2,1H3,(H,28,29). The Morgan fingerprint density at radius 3 is 2.30 bits per heavy atom. The Labute approximate surface area is 192 Å². The molecule has 1 aliphatic rings. The Hall–Kier alpha value is -3.79. The number of benzene rings is 2. The molecule has 2 aromatic carbocycles. The predicted molar refractivity (Wildman–Crippen MR) is 126 cm³/mol. The lowest BCUT2D eigenvalue weighted by atomic mass is 10.1. The van der Waals surface area contributed by atoms with E-state index in [9.17, 15) is 18.3 Å². The van der Waals surface area contributed by atoms with E-state index in [4.69, 9.17) is 4.74 Å². The number of hydrogen-bond donors (Lipinski definition) is 2. The van der Waals surface area contributed by atoms with Crippen molar-refractivity contribution in [1.29, 1.82) is 0 Å². The first-order chi connectivity index (χ1) is 15.9. The Bertz CT molecular complexity index is 1230. The van der Waals surface area contributed by atoms with Gasteiger partial charge in [0.2, 0.25) is 0 Å². The molecule has 4 rings (SSSR count). The van der Waals surface area contributed by atoms with Gasteiger partial charge < -0.3 is 19.6 Å². The zero-order chi connectivity index (χ0) is 23.4. The van der Waals surface area contributed by atoms with Crippen molar-refractivity contribution < 1.29 is 23.1 Å². The number of anilines is 3. The fourth-order valence-electron chi connectivity index (χ4n) is 3.69. The first kappa shape index (κ1) is 22.4. The molecular formula is C23H24N4O5S. The third kappa shape index (κ3) is 5.01. The first-order valence-corrected chi connectivity index (χ1v) is 11.8. The van der Waals surface area contributed by atoms with Crippen molar-refractivity contribution in [2.75, 3.05) is 47.8 Å². The summed E-state index contributed by atoms with van der Waals surface area (Å²) in [5.41, 5.74) is 0.617. The fourth-order valence-corrected chi connectivity index (χ4v) is 4.77. The highest BCUT2D eigenvalue weighted by atomic mass is 32.2. The monoisotopic (exact) mass is 468 g/mol. The van der Waals surface area contributed by atoms with Crippen molar-refractivity contribution in [3.8, 4) is 5.75 Å². The van der Waals surface area contributed by atoms with E-state index in [1.54, 1.807) is 12.3 Å². The van der Waals surface area contributed by atoms with Gasteiger partial charge in [0.15, 0.2) is 0 Å². The highest BCUT2D eigenvalue weighted by Gasteiger charge is 2.22. The Morgan fingerprint density at radius 1 is 1.00 bits per heavy atom. The van der Waals surface area contributed by atoms with Crippen LogP contribution in [0, 0.1) is 0 Å². The minimum absolute atomic E-state index is 0.00851. The van der Waals surface area contributed by atoms with Crippen LogP contribution in [0.25, 0.3) is 0 Å². The van der Waals surface area contributed by atoms with E-state index in [1.807, 2.05) is 18.2 Å². The van der Waals surface area contributed by atoms with Gasteiger partial charge in [0, 0.05) is 38.1 Å². The fraction of sp³-hybridized carbons (Fsp3) is 0.217. The molecule has 0 spiro atoms. The number of nitrogens with zero attached hydrogens (tertiary/aromatic N) is 3. The maximum absolute atomic E-state index is 12.8. The van der Waals surface area contributed by atoms with Crippen LogP contribution in [0.1, 0.15) is 10.4 Å². The maximum atomic E-state index is 12.8. The van der Waals surface area contributed by atoms with Gasteiger partial charge in [0.25, 0.3) is 10.0 Å². The van der Waals surface area contributed by atoms with E-state index in [2.05, 4.69) is 19.5 Å². The predicted octanol–water partition coefficient (Wildman–Crippen LogP) is 2.92. The molecule has 172 valence electrons. The summed E-state index contributed by atoms with van der Waals surface area (Å²) in [6.07, 6.45) is 1.76. The zero-order valence-corrected chi connectivity index (χ0v) is 18.8. The molecule has 1 saturated heterocycles. The number of nitrogens with one attached hydrogen (secondary N) is 1. The van der Waals surface area contributed by atoms with Gasteiger partial charge in [-0.15, -0.1) is 0 Å². The van der Waals surface area contributed by atoms with Gasteiger partial charge in [-0.3, -0.25) is 4.72 Å². The lowest BCUT2D eigenvalue weighted by Gasteiger charge is -2.36. The molecule has 2 heterocycles. The number of aromatic nitrogens is 1. The van der Waals surface area contributed by atoms with E-state index in [0.717, 1.165) is 24.6 Å². The summed E-state index contributed by atoms with van der Waals surface area (Å²) in [4.78, 5) is 20.5. The third-order valence-corrected chi connectivity index (χ3v) is 6.85. The average molecular weight is 469 g/mol. The highest BCUT2D eigenvalue weighted by molar-refractivity contribution is 7.92. The van der Waals surface area contributed by atoms with Crippen molar-refractivity contribution >= 4 is 33.2 Å². The summed E-state index contributed by atoms with van der Waals surface area (Å²) in [5, 5.41) is 9.73. The number of sulfonamides is 1. The molecule has 33 heavy (non-hydrogen) atoms. The van der Waals surface area contributed by atoms with Gasteiger partial charge in [-0.05, 0) is 54.6 Å². The topological polar surface area (TPSA) is 112 Å². The van der Waals surface area contributed by atoms with Gasteiger partial charge >= 0.3 is 5.97 Å². The number of ether oxygens (including phenoxy) is 1. The summed E-state index contributed by atoms with van der Waals surface area (Å²) in [5.74, 6) is 0.218. The summed E-state index contributed by atoms with van der Waals surface area (Å²) >= 11 is 0. The second kappa shape index (κ2) is 9.37. The molecule has 2 N–H and O–H groups in total. The van der Waals surface area contributed by atoms with E-state index >= 15 is 0 Å². The van der Waals surface area contributed by atoms with Crippen molar-refractivity contribution in [3.05, 3.63) is 72.4 Å². The molecule has 10 heteroatoms. The molecule has 0 aliphatic carbocycles. The van der Waals surface area contributed by atoms with Crippen LogP contribution in [0.2, 0.25) is 0 Å². The van der Waals surface area contributed by atoms with Crippen LogP contribution >= 0.6 is 0 Å². The lowest BCUT2D eigenvalue weighted by molar-refractivity contribution is 0.0698. The molecule has 0 saturated carbocycles. The van der Waals surface area contributed by atoms with Crippen LogP contribution in [0.15, 0.2) is 71.8 Å². The number of hydrogen-bond acceptors (Lipinski definition) is 7. The van der Waals surface area contributed by atoms with Gasteiger partial charge in [-0.2, -0.15) is 0 Å². The maximum Gasteiger partial charge on any atom is 0.337 e. The second-order valence-electron chi connectivity index (χ2n) is 7.48. The number of rotatable bonds is 7. The number of piperazine rings is 1. The van der Waals surface area contributed by atoms with Crippen LogP contribution < -0.4 is 19.3 Å². The molecule has 0 bridgehead atoms. The second-order valence-corrected chi connectivity index (χ2v) is 9.16. The first-order valence-electron chi connectivity index (χ1n) is 10.3. The summed E-state index contributed by atoms with van der Waals surface area (Å²) < 4.78 is 33.0. The van der Waals surface area contributed by atoms with Crippen LogP contribution in [-0.4, -0.2) is 57.8 Å². The summed E-state index contributed by atoms with van der Waals surface area (Å²) in [6.45, 7) is 2.86. The molecule has 0 unspecified atom stereocenters. The van der Waals surface area contributed by atoms with Gasteiger partial charge in [-0.25, -0.2) is 18.2 Å². The van der Waals surface area contributed by atoms with Gasteiger partial charge in [0.05, 0.1) is 23.3 Å².